The van der Waals surface area contributed by atoms with Crippen molar-refractivity contribution >= 4 is 39.8 Å². The Morgan fingerprint density at radius 1 is 0.484 bits per heavy atom. The standard InChI is InChI=1S/2C18H24NSi.C17H22NSi.3Ir/c1-14(2)11-16-12-17(15-9-7-6-8-10-15)19-13-18(16)20(3,4)5;1-14(2)11-16-12-17(20(3,4)5)13-19-18(16)15-9-7-6-8-10-15;1-5-9-15-12-16(19(2,3)4)13-18-17(15)14-10-7-6-8-11-14;;;/h2*6-9,12-14H,11H2,1-5H3;6-8,10,12-13H,5,9H2,1-4H3;;;/q3*-1;;;. The molecule has 0 aliphatic rings. The van der Waals surface area contributed by atoms with Gasteiger partial charge in [0.2, 0.25) is 0 Å². The molecule has 3 aromatic carbocycles. The molecule has 0 spiro atoms. The van der Waals surface area contributed by atoms with Gasteiger partial charge in [-0.05, 0) is 63.7 Å². The number of aromatic nitrogens is 3. The van der Waals surface area contributed by atoms with Crippen molar-refractivity contribution in [2.75, 3.05) is 0 Å². The third kappa shape index (κ3) is 17.9. The van der Waals surface area contributed by atoms with Gasteiger partial charge in [-0.15, -0.1) is 108 Å². The van der Waals surface area contributed by atoms with E-state index in [-0.39, 0.29) is 60.3 Å². The first kappa shape index (κ1) is 57.7. The van der Waals surface area contributed by atoms with Crippen LogP contribution in [-0.4, -0.2) is 39.2 Å². The Morgan fingerprint density at radius 2 is 0.903 bits per heavy atom. The molecule has 0 amide bonds. The summed E-state index contributed by atoms with van der Waals surface area (Å²) in [5.74, 6) is 1.30. The Balaban J connectivity index is 0.000000454. The summed E-state index contributed by atoms with van der Waals surface area (Å²) in [5, 5.41) is 4.37. The molecule has 3 radical (unpaired) electrons. The maximum absolute atomic E-state index is 4.77. The second-order valence-corrected chi connectivity index (χ2v) is 34.9. The number of rotatable bonds is 12. The molecule has 6 rings (SSSR count). The summed E-state index contributed by atoms with van der Waals surface area (Å²) in [6.45, 7) is 32.7. The summed E-state index contributed by atoms with van der Waals surface area (Å²) in [6, 6.07) is 41.2. The van der Waals surface area contributed by atoms with Crippen LogP contribution in [-0.2, 0) is 79.6 Å². The summed E-state index contributed by atoms with van der Waals surface area (Å²) in [6.07, 6.45) is 10.7. The van der Waals surface area contributed by atoms with E-state index in [1.54, 1.807) is 0 Å². The number of nitrogens with zero attached hydrogens (tertiary/aromatic N) is 3. The molecule has 0 saturated heterocycles. The summed E-state index contributed by atoms with van der Waals surface area (Å²) < 4.78 is 0. The molecule has 3 heterocycles. The van der Waals surface area contributed by atoms with Crippen molar-refractivity contribution in [3.8, 4) is 33.8 Å². The molecule has 0 bridgehead atoms. The average Bonchev–Trinajstić information content (AvgIpc) is 3.18. The zero-order valence-corrected chi connectivity index (χ0v) is 49.9. The Hall–Kier alpha value is -2.29. The van der Waals surface area contributed by atoms with Crippen molar-refractivity contribution in [3.05, 3.63) is 144 Å². The van der Waals surface area contributed by atoms with Crippen LogP contribution in [0.2, 0.25) is 58.9 Å². The van der Waals surface area contributed by atoms with E-state index in [0.717, 1.165) is 59.5 Å². The fraction of sp³-hybridized carbons (Fsp3) is 0.377. The van der Waals surface area contributed by atoms with Gasteiger partial charge in [0.15, 0.2) is 0 Å². The fourth-order valence-corrected chi connectivity index (χ4v) is 10.7. The molecule has 3 nitrogen and oxygen atoms in total. The van der Waals surface area contributed by atoms with Gasteiger partial charge in [0.25, 0.3) is 0 Å². The van der Waals surface area contributed by atoms with Crippen molar-refractivity contribution in [1.29, 1.82) is 0 Å². The van der Waals surface area contributed by atoms with Crippen molar-refractivity contribution in [2.45, 2.75) is 119 Å². The predicted octanol–water partition coefficient (Wildman–Crippen LogP) is 12.6. The summed E-state index contributed by atoms with van der Waals surface area (Å²) in [7, 11) is -3.94. The largest absolute Gasteiger partial charge is 0.305 e. The van der Waals surface area contributed by atoms with Crippen molar-refractivity contribution in [2.24, 2.45) is 11.8 Å². The molecular formula is C53H70Ir3N3Si3-3. The summed E-state index contributed by atoms with van der Waals surface area (Å²) in [4.78, 5) is 14.2. The van der Waals surface area contributed by atoms with Gasteiger partial charge in [-0.3, -0.25) is 0 Å². The van der Waals surface area contributed by atoms with Crippen LogP contribution < -0.4 is 15.6 Å². The molecule has 62 heavy (non-hydrogen) atoms. The Morgan fingerprint density at radius 3 is 1.29 bits per heavy atom. The maximum Gasteiger partial charge on any atom is 0.0798 e. The van der Waals surface area contributed by atoms with Gasteiger partial charge in [0.1, 0.15) is 0 Å². The van der Waals surface area contributed by atoms with Gasteiger partial charge in [-0.25, -0.2) is 0 Å². The molecule has 0 aliphatic heterocycles. The van der Waals surface area contributed by atoms with Crippen LogP contribution in [0.1, 0.15) is 57.7 Å². The van der Waals surface area contributed by atoms with Crippen LogP contribution in [0.5, 0.6) is 0 Å². The second kappa shape index (κ2) is 26.6. The smallest absolute Gasteiger partial charge is 0.0798 e. The maximum atomic E-state index is 4.77. The van der Waals surface area contributed by atoms with E-state index >= 15 is 0 Å². The van der Waals surface area contributed by atoms with E-state index in [9.17, 15) is 0 Å². The number of hydrogen-bond donors (Lipinski definition) is 0. The predicted molar refractivity (Wildman–Crippen MR) is 266 cm³/mol. The number of aryl methyl sites for hydroxylation is 1. The zero-order chi connectivity index (χ0) is 43.4. The fourth-order valence-electron chi connectivity index (χ4n) is 6.94. The zero-order valence-electron chi connectivity index (χ0n) is 39.7. The first-order valence-electron chi connectivity index (χ1n) is 21.7. The third-order valence-electron chi connectivity index (χ3n) is 10.2. The number of benzene rings is 3. The molecule has 6 aromatic rings. The van der Waals surface area contributed by atoms with Crippen molar-refractivity contribution < 1.29 is 60.3 Å². The summed E-state index contributed by atoms with van der Waals surface area (Å²) in [5.41, 5.74) is 10.7. The molecule has 0 aliphatic carbocycles. The molecule has 0 atom stereocenters. The van der Waals surface area contributed by atoms with Gasteiger partial charge in [-0.1, -0.05) is 135 Å². The third-order valence-corrected chi connectivity index (χ3v) is 16.2. The molecule has 0 saturated carbocycles. The summed E-state index contributed by atoms with van der Waals surface area (Å²) >= 11 is 0. The number of hydrogen-bond acceptors (Lipinski definition) is 3. The van der Waals surface area contributed by atoms with Crippen molar-refractivity contribution in [3.63, 3.8) is 0 Å². The normalized spacial score (nSPS) is 11.2. The van der Waals surface area contributed by atoms with Crippen LogP contribution in [0.4, 0.5) is 0 Å². The second-order valence-electron chi connectivity index (χ2n) is 19.7. The molecule has 339 valence electrons. The van der Waals surface area contributed by atoms with Crippen LogP contribution in [0.25, 0.3) is 33.8 Å². The van der Waals surface area contributed by atoms with Crippen LogP contribution in [0, 0.1) is 30.0 Å². The van der Waals surface area contributed by atoms with E-state index in [2.05, 4.69) is 184 Å². The molecular weight excluding hydrogens is 1340 g/mol. The van der Waals surface area contributed by atoms with E-state index < -0.39 is 24.2 Å². The van der Waals surface area contributed by atoms with E-state index in [0.29, 0.717) is 11.8 Å². The Kier molecular flexibility index (Phi) is 24.8. The van der Waals surface area contributed by atoms with E-state index in [4.69, 9.17) is 9.97 Å². The number of pyridine rings is 3. The van der Waals surface area contributed by atoms with Crippen LogP contribution in [0.15, 0.2) is 110 Å². The Labute approximate surface area is 420 Å². The molecule has 0 fully saturated rings. The molecule has 9 heteroatoms. The Bertz CT molecular complexity index is 2200. The minimum absolute atomic E-state index is 0. The van der Waals surface area contributed by atoms with Crippen LogP contribution in [0.3, 0.4) is 0 Å². The SMILES string of the molecule is CC(C)Cc1cc(-c2[c-]cccc2)ncc1[Si](C)(C)C.CC(C)Cc1cc([Si](C)(C)C)cnc1-c1[c-]cccc1.CCCc1cc([Si](C)(C)C)cnc1-c1[c-]cccc1.[Ir].[Ir].[Ir]. The van der Waals surface area contributed by atoms with Gasteiger partial charge >= 0.3 is 0 Å². The average molecular weight is 1410 g/mol. The van der Waals surface area contributed by atoms with E-state index in [1.165, 1.54) is 32.3 Å². The molecule has 3 aromatic heterocycles. The monoisotopic (exact) mass is 1410 g/mol. The van der Waals surface area contributed by atoms with Gasteiger partial charge < -0.3 is 15.0 Å². The first-order valence-corrected chi connectivity index (χ1v) is 32.2. The molecule has 0 N–H and O–H groups in total. The van der Waals surface area contributed by atoms with Gasteiger partial charge in [-0.2, -0.15) is 0 Å². The quantitative estimate of drug-likeness (QED) is 0.0905. The van der Waals surface area contributed by atoms with E-state index in [1.807, 2.05) is 42.5 Å². The van der Waals surface area contributed by atoms with Gasteiger partial charge in [0.05, 0.1) is 24.2 Å². The first-order chi connectivity index (χ1) is 27.8. The minimum atomic E-state index is -1.34. The topological polar surface area (TPSA) is 38.7 Å². The minimum Gasteiger partial charge on any atom is -0.305 e. The van der Waals surface area contributed by atoms with Crippen molar-refractivity contribution in [1.82, 2.24) is 15.0 Å². The molecule has 0 unspecified atom stereocenters. The van der Waals surface area contributed by atoms with Crippen LogP contribution >= 0.6 is 0 Å². The van der Waals surface area contributed by atoms with Gasteiger partial charge in [0, 0.05) is 78.9 Å².